The third kappa shape index (κ3) is 3.50. The van der Waals surface area contributed by atoms with Crippen LogP contribution in [0.3, 0.4) is 0 Å². The van der Waals surface area contributed by atoms with Gasteiger partial charge < -0.3 is 15.2 Å². The first-order chi connectivity index (χ1) is 11.8. The number of hydrogen-bond donors (Lipinski definition) is 2. The number of aliphatic imine (C=N–C) groups is 1. The molecule has 24 heavy (non-hydrogen) atoms. The molecule has 0 atom stereocenters. The van der Waals surface area contributed by atoms with Crippen LogP contribution in [0.5, 0.6) is 0 Å². The Morgan fingerprint density at radius 3 is 2.92 bits per heavy atom. The summed E-state index contributed by atoms with van der Waals surface area (Å²) in [5.74, 6) is 2.53. The predicted molar refractivity (Wildman–Crippen MR) is 90.6 cm³/mol. The van der Waals surface area contributed by atoms with Gasteiger partial charge in [0.05, 0.1) is 6.54 Å². The van der Waals surface area contributed by atoms with E-state index in [1.807, 2.05) is 33.4 Å². The van der Waals surface area contributed by atoms with Gasteiger partial charge in [0.15, 0.2) is 17.4 Å². The molecule has 9 nitrogen and oxygen atoms in total. The Morgan fingerprint density at radius 1 is 1.17 bits per heavy atom. The van der Waals surface area contributed by atoms with Gasteiger partial charge in [-0.1, -0.05) is 13.0 Å². The van der Waals surface area contributed by atoms with Crippen molar-refractivity contribution in [3.05, 3.63) is 42.4 Å². The molecule has 0 aromatic carbocycles. The van der Waals surface area contributed by atoms with Crippen LogP contribution in [0.25, 0.3) is 5.65 Å². The van der Waals surface area contributed by atoms with E-state index < -0.39 is 0 Å². The van der Waals surface area contributed by atoms with Gasteiger partial charge in [0.25, 0.3) is 0 Å². The van der Waals surface area contributed by atoms with Gasteiger partial charge in [0, 0.05) is 32.8 Å². The lowest BCUT2D eigenvalue weighted by molar-refractivity contribution is 0.631. The molecule has 0 amide bonds. The number of fused-ring (bicyclic) bond motifs is 1. The molecule has 0 unspecified atom stereocenters. The Balaban J connectivity index is 1.52. The highest BCUT2D eigenvalue weighted by Crippen LogP contribution is 2.02. The highest BCUT2D eigenvalue weighted by Gasteiger charge is 2.06. The summed E-state index contributed by atoms with van der Waals surface area (Å²) in [7, 11) is 1.74. The summed E-state index contributed by atoms with van der Waals surface area (Å²) < 4.78 is 3.98. The Bertz CT molecular complexity index is 817. The molecule has 9 heteroatoms. The van der Waals surface area contributed by atoms with Crippen LogP contribution in [0.2, 0.25) is 0 Å². The molecule has 0 aliphatic carbocycles. The summed E-state index contributed by atoms with van der Waals surface area (Å²) in [5.41, 5.74) is 0.831. The molecule has 0 spiro atoms. The molecule has 0 aliphatic heterocycles. The molecule has 126 valence electrons. The van der Waals surface area contributed by atoms with Gasteiger partial charge in [-0.2, -0.15) is 0 Å². The van der Waals surface area contributed by atoms with Crippen LogP contribution in [0, 0.1) is 0 Å². The SMILES string of the molecule is CCc1nncn1CCNC(=NC)NCc1nnc2ccccn12. The number of aryl methyl sites for hydroxylation is 1. The lowest BCUT2D eigenvalue weighted by Gasteiger charge is -2.12. The average molecular weight is 327 g/mol. The van der Waals surface area contributed by atoms with Crippen LogP contribution in [0.15, 0.2) is 35.7 Å². The smallest absolute Gasteiger partial charge is 0.191 e. The topological polar surface area (TPSA) is 97.3 Å². The van der Waals surface area contributed by atoms with Gasteiger partial charge in [-0.15, -0.1) is 20.4 Å². The van der Waals surface area contributed by atoms with Crippen molar-refractivity contribution in [3.63, 3.8) is 0 Å². The monoisotopic (exact) mass is 327 g/mol. The lowest BCUT2D eigenvalue weighted by atomic mass is 10.4. The fraction of sp³-hybridized carbons (Fsp3) is 0.400. The zero-order valence-electron chi connectivity index (χ0n) is 13.8. The van der Waals surface area contributed by atoms with E-state index in [1.54, 1.807) is 13.4 Å². The van der Waals surface area contributed by atoms with E-state index in [0.29, 0.717) is 12.5 Å². The molecule has 3 rings (SSSR count). The zero-order valence-corrected chi connectivity index (χ0v) is 13.8. The second kappa shape index (κ2) is 7.53. The van der Waals surface area contributed by atoms with Gasteiger partial charge in [0.1, 0.15) is 12.2 Å². The number of guanidine groups is 1. The number of rotatable bonds is 6. The number of hydrogen-bond acceptors (Lipinski definition) is 5. The zero-order chi connectivity index (χ0) is 16.8. The molecule has 0 bridgehead atoms. The highest BCUT2D eigenvalue weighted by atomic mass is 15.3. The first-order valence-electron chi connectivity index (χ1n) is 7.91. The van der Waals surface area contributed by atoms with Crippen molar-refractivity contribution in [3.8, 4) is 0 Å². The maximum absolute atomic E-state index is 4.23. The molecule has 0 saturated heterocycles. The van der Waals surface area contributed by atoms with Gasteiger partial charge in [-0.25, -0.2) is 0 Å². The second-order valence-electron chi connectivity index (χ2n) is 5.19. The Morgan fingerprint density at radius 2 is 2.08 bits per heavy atom. The minimum atomic E-state index is 0.539. The van der Waals surface area contributed by atoms with Crippen LogP contribution in [-0.2, 0) is 19.5 Å². The Hall–Kier alpha value is -2.97. The van der Waals surface area contributed by atoms with Crippen LogP contribution in [0.1, 0.15) is 18.6 Å². The van der Waals surface area contributed by atoms with Crippen molar-refractivity contribution in [2.45, 2.75) is 26.4 Å². The van der Waals surface area contributed by atoms with Crippen LogP contribution >= 0.6 is 0 Å². The molecule has 0 aliphatic rings. The van der Waals surface area contributed by atoms with Crippen molar-refractivity contribution in [2.75, 3.05) is 13.6 Å². The van der Waals surface area contributed by atoms with Crippen molar-refractivity contribution in [1.29, 1.82) is 0 Å². The summed E-state index contributed by atoms with van der Waals surface area (Å²) in [4.78, 5) is 4.23. The molecule has 0 saturated carbocycles. The summed E-state index contributed by atoms with van der Waals surface area (Å²) in [6.45, 7) is 4.12. The maximum atomic E-state index is 4.23. The fourth-order valence-electron chi connectivity index (χ4n) is 2.43. The third-order valence-electron chi connectivity index (χ3n) is 3.68. The van der Waals surface area contributed by atoms with Crippen molar-refractivity contribution in [2.24, 2.45) is 4.99 Å². The largest absolute Gasteiger partial charge is 0.355 e. The van der Waals surface area contributed by atoms with E-state index in [0.717, 1.165) is 36.8 Å². The van der Waals surface area contributed by atoms with Gasteiger partial charge in [-0.05, 0) is 12.1 Å². The van der Waals surface area contributed by atoms with E-state index in [4.69, 9.17) is 0 Å². The molecule has 3 aromatic heterocycles. The van der Waals surface area contributed by atoms with E-state index in [-0.39, 0.29) is 0 Å². The van der Waals surface area contributed by atoms with Crippen LogP contribution in [-0.4, -0.2) is 48.9 Å². The van der Waals surface area contributed by atoms with E-state index in [9.17, 15) is 0 Å². The summed E-state index contributed by atoms with van der Waals surface area (Å²) in [5, 5.41) is 22.9. The Kier molecular flexibility index (Phi) is 4.99. The lowest BCUT2D eigenvalue weighted by Crippen LogP contribution is -2.38. The van der Waals surface area contributed by atoms with Crippen molar-refractivity contribution < 1.29 is 0 Å². The number of nitrogens with one attached hydrogen (secondary N) is 2. The predicted octanol–water partition coefficient (Wildman–Crippen LogP) is 0.248. The number of pyridine rings is 1. The van der Waals surface area contributed by atoms with Gasteiger partial charge in [-0.3, -0.25) is 9.39 Å². The molecule has 0 fully saturated rings. The van der Waals surface area contributed by atoms with E-state index in [2.05, 4.69) is 42.9 Å². The summed E-state index contributed by atoms with van der Waals surface area (Å²) in [6, 6.07) is 5.82. The summed E-state index contributed by atoms with van der Waals surface area (Å²) >= 11 is 0. The van der Waals surface area contributed by atoms with Gasteiger partial charge >= 0.3 is 0 Å². The minimum absolute atomic E-state index is 0.539. The first kappa shape index (κ1) is 15.9. The van der Waals surface area contributed by atoms with Gasteiger partial charge in [0.2, 0.25) is 0 Å². The minimum Gasteiger partial charge on any atom is -0.355 e. The maximum Gasteiger partial charge on any atom is 0.191 e. The number of aromatic nitrogens is 6. The second-order valence-corrected chi connectivity index (χ2v) is 5.19. The molecule has 0 radical (unpaired) electrons. The fourth-order valence-corrected chi connectivity index (χ4v) is 2.43. The van der Waals surface area contributed by atoms with E-state index in [1.165, 1.54) is 0 Å². The molecular formula is C15H21N9. The van der Waals surface area contributed by atoms with Crippen molar-refractivity contribution in [1.82, 2.24) is 40.0 Å². The Labute approximate surface area is 139 Å². The normalized spacial score (nSPS) is 11.8. The molecular weight excluding hydrogens is 306 g/mol. The van der Waals surface area contributed by atoms with Crippen LogP contribution in [0.4, 0.5) is 0 Å². The average Bonchev–Trinajstić information content (AvgIpc) is 3.24. The highest BCUT2D eigenvalue weighted by molar-refractivity contribution is 5.79. The standard InChI is InChI=1S/C15H21N9/c1-3-12-20-19-11-23(12)9-7-17-15(16-2)18-10-14-22-21-13-6-4-5-8-24(13)14/h4-6,8,11H,3,7,9-10H2,1-2H3,(H2,16,17,18). The number of nitrogens with zero attached hydrogens (tertiary/aromatic N) is 7. The third-order valence-corrected chi connectivity index (χ3v) is 3.68. The quantitative estimate of drug-likeness (QED) is 0.497. The molecule has 3 aromatic rings. The molecule has 2 N–H and O–H groups in total. The molecule has 3 heterocycles. The van der Waals surface area contributed by atoms with Crippen LogP contribution < -0.4 is 10.6 Å². The van der Waals surface area contributed by atoms with E-state index >= 15 is 0 Å². The van der Waals surface area contributed by atoms with Crippen molar-refractivity contribution >= 4 is 11.6 Å². The summed E-state index contributed by atoms with van der Waals surface area (Å²) in [6.07, 6.45) is 4.56. The first-order valence-corrected chi connectivity index (χ1v) is 7.91.